The van der Waals surface area contributed by atoms with Crippen LogP contribution in [-0.2, 0) is 4.79 Å². The lowest BCUT2D eigenvalue weighted by Crippen LogP contribution is -2.44. The number of carboxylic acid groups (broad SMARTS) is 1. The van der Waals surface area contributed by atoms with E-state index in [0.717, 1.165) is 12.8 Å². The number of hydrogen-bond donors (Lipinski definition) is 3. The number of carboxylic acids is 1. The van der Waals surface area contributed by atoms with Crippen molar-refractivity contribution < 1.29 is 14.7 Å². The molecule has 6 heteroatoms. The summed E-state index contributed by atoms with van der Waals surface area (Å²) in [6.45, 7) is 2.77. The molecule has 1 unspecified atom stereocenters. The van der Waals surface area contributed by atoms with E-state index in [1.54, 1.807) is 17.5 Å². The fourth-order valence-corrected chi connectivity index (χ4v) is 3.54. The smallest absolute Gasteiger partial charge is 0.331 e. The zero-order valence-electron chi connectivity index (χ0n) is 12.2. The van der Waals surface area contributed by atoms with E-state index in [-0.39, 0.29) is 5.41 Å². The third-order valence-corrected chi connectivity index (χ3v) is 5.02. The fraction of sp³-hybridized carbons (Fsp3) is 0.600. The molecule has 1 aromatic rings. The summed E-state index contributed by atoms with van der Waals surface area (Å²) < 4.78 is 0. The van der Waals surface area contributed by atoms with Crippen LogP contribution in [0.2, 0.25) is 0 Å². The highest BCUT2D eigenvalue weighted by Crippen LogP contribution is 2.34. The number of carbonyl (C=O) groups excluding carboxylic acids is 1. The predicted molar refractivity (Wildman–Crippen MR) is 82.4 cm³/mol. The summed E-state index contributed by atoms with van der Waals surface area (Å²) in [5.41, 5.74) is 0.136. The van der Waals surface area contributed by atoms with Crippen LogP contribution in [0.5, 0.6) is 0 Å². The molecule has 0 bridgehead atoms. The number of aliphatic carboxylic acids is 1. The Morgan fingerprint density at radius 3 is 2.67 bits per heavy atom. The molecule has 2 rings (SSSR count). The van der Waals surface area contributed by atoms with Gasteiger partial charge in [0.2, 0.25) is 0 Å². The molecule has 0 aliphatic heterocycles. The molecule has 1 aliphatic carbocycles. The van der Waals surface area contributed by atoms with Gasteiger partial charge in [-0.2, -0.15) is 0 Å². The van der Waals surface area contributed by atoms with Crippen LogP contribution in [0.15, 0.2) is 17.5 Å². The Kier molecular flexibility index (Phi) is 5.22. The van der Waals surface area contributed by atoms with E-state index < -0.39 is 18.0 Å². The molecule has 3 N–H and O–H groups in total. The van der Waals surface area contributed by atoms with E-state index in [4.69, 9.17) is 0 Å². The highest BCUT2D eigenvalue weighted by atomic mass is 32.1. The summed E-state index contributed by atoms with van der Waals surface area (Å²) in [5, 5.41) is 16.4. The topological polar surface area (TPSA) is 78.4 Å². The second-order valence-electron chi connectivity index (χ2n) is 5.99. The van der Waals surface area contributed by atoms with Crippen molar-refractivity contribution in [2.24, 2.45) is 5.41 Å². The van der Waals surface area contributed by atoms with Gasteiger partial charge in [-0.15, -0.1) is 11.3 Å². The minimum Gasteiger partial charge on any atom is -0.479 e. The zero-order chi connectivity index (χ0) is 15.3. The molecule has 1 aliphatic rings. The quantitative estimate of drug-likeness (QED) is 0.781. The van der Waals surface area contributed by atoms with Crippen molar-refractivity contribution in [2.75, 3.05) is 6.54 Å². The first-order valence-corrected chi connectivity index (χ1v) is 8.19. The largest absolute Gasteiger partial charge is 0.479 e. The van der Waals surface area contributed by atoms with E-state index in [0.29, 0.717) is 11.4 Å². The zero-order valence-corrected chi connectivity index (χ0v) is 13.0. The van der Waals surface area contributed by atoms with Gasteiger partial charge in [0.05, 0.1) is 0 Å². The minimum atomic E-state index is -1.04. The highest BCUT2D eigenvalue weighted by molar-refractivity contribution is 7.10. The normalized spacial score (nSPS) is 18.7. The van der Waals surface area contributed by atoms with Gasteiger partial charge in [-0.1, -0.05) is 32.3 Å². The van der Waals surface area contributed by atoms with Gasteiger partial charge in [0.25, 0.3) is 0 Å². The standard InChI is InChI=1S/C15H22N2O3S/c1-15(7-3-2-4-8-15)10-16-14(20)17-12(13(18)19)11-6-5-9-21-11/h5-6,9,12H,2-4,7-8,10H2,1H3,(H,18,19)(H2,16,17,20). The number of rotatable bonds is 5. The Balaban J connectivity index is 1.86. The summed E-state index contributed by atoms with van der Waals surface area (Å²) in [5.74, 6) is -1.04. The third-order valence-electron chi connectivity index (χ3n) is 4.09. The Labute approximate surface area is 128 Å². The first-order valence-electron chi connectivity index (χ1n) is 7.31. The number of thiophene rings is 1. The van der Waals surface area contributed by atoms with Gasteiger partial charge in [-0.05, 0) is 29.7 Å². The van der Waals surface area contributed by atoms with E-state index >= 15 is 0 Å². The Hall–Kier alpha value is -1.56. The summed E-state index contributed by atoms with van der Waals surface area (Å²) in [6.07, 6.45) is 5.89. The van der Waals surface area contributed by atoms with Crippen molar-refractivity contribution >= 4 is 23.3 Å². The van der Waals surface area contributed by atoms with Crippen molar-refractivity contribution in [3.8, 4) is 0 Å². The Morgan fingerprint density at radius 1 is 1.38 bits per heavy atom. The van der Waals surface area contributed by atoms with Crippen molar-refractivity contribution in [2.45, 2.75) is 45.1 Å². The van der Waals surface area contributed by atoms with Gasteiger partial charge in [0.1, 0.15) is 0 Å². The third kappa shape index (κ3) is 4.46. The maximum atomic E-state index is 12.0. The molecule has 0 saturated heterocycles. The van der Waals surface area contributed by atoms with Crippen molar-refractivity contribution in [1.29, 1.82) is 0 Å². The lowest BCUT2D eigenvalue weighted by atomic mass is 9.76. The van der Waals surface area contributed by atoms with Gasteiger partial charge >= 0.3 is 12.0 Å². The van der Waals surface area contributed by atoms with Crippen LogP contribution in [0.3, 0.4) is 0 Å². The molecule has 1 atom stereocenters. The summed E-state index contributed by atoms with van der Waals surface area (Å²) in [7, 11) is 0. The molecule has 2 amide bonds. The van der Waals surface area contributed by atoms with Crippen LogP contribution < -0.4 is 10.6 Å². The summed E-state index contributed by atoms with van der Waals surface area (Å²) >= 11 is 1.32. The summed E-state index contributed by atoms with van der Waals surface area (Å²) in [6, 6.07) is 2.09. The molecule has 0 radical (unpaired) electrons. The minimum absolute atomic E-state index is 0.136. The van der Waals surface area contributed by atoms with Crippen LogP contribution >= 0.6 is 11.3 Å². The fourth-order valence-electron chi connectivity index (χ4n) is 2.77. The molecule has 1 saturated carbocycles. The second kappa shape index (κ2) is 6.93. The highest BCUT2D eigenvalue weighted by Gasteiger charge is 2.28. The number of nitrogens with one attached hydrogen (secondary N) is 2. The first kappa shape index (κ1) is 15.8. The monoisotopic (exact) mass is 310 g/mol. The lowest BCUT2D eigenvalue weighted by Gasteiger charge is -2.33. The Morgan fingerprint density at radius 2 is 2.10 bits per heavy atom. The summed E-state index contributed by atoms with van der Waals surface area (Å²) in [4.78, 5) is 23.8. The molecule has 1 heterocycles. The van der Waals surface area contributed by atoms with Crippen molar-refractivity contribution in [1.82, 2.24) is 10.6 Å². The van der Waals surface area contributed by atoms with Crippen LogP contribution in [0, 0.1) is 5.41 Å². The molecule has 0 spiro atoms. The van der Waals surface area contributed by atoms with Gasteiger partial charge in [-0.3, -0.25) is 0 Å². The molecule has 116 valence electrons. The van der Waals surface area contributed by atoms with Crippen LogP contribution in [-0.4, -0.2) is 23.7 Å². The second-order valence-corrected chi connectivity index (χ2v) is 6.96. The van der Waals surface area contributed by atoms with E-state index in [2.05, 4.69) is 17.6 Å². The predicted octanol–water partition coefficient (Wildman–Crippen LogP) is 3.14. The molecular weight excluding hydrogens is 288 g/mol. The van der Waals surface area contributed by atoms with Crippen molar-refractivity contribution in [3.05, 3.63) is 22.4 Å². The average molecular weight is 310 g/mol. The van der Waals surface area contributed by atoms with Crippen LogP contribution in [0.1, 0.15) is 49.9 Å². The Bertz CT molecular complexity index is 481. The maximum absolute atomic E-state index is 12.0. The molecule has 1 fully saturated rings. The lowest BCUT2D eigenvalue weighted by molar-refractivity contribution is -0.139. The number of hydrogen-bond acceptors (Lipinski definition) is 3. The van der Waals surface area contributed by atoms with Crippen LogP contribution in [0.25, 0.3) is 0 Å². The number of carbonyl (C=O) groups is 2. The molecule has 0 aromatic carbocycles. The van der Waals surface area contributed by atoms with Gasteiger partial charge in [0.15, 0.2) is 6.04 Å². The first-order chi connectivity index (χ1) is 10.0. The number of urea groups is 1. The van der Waals surface area contributed by atoms with Gasteiger partial charge in [0, 0.05) is 11.4 Å². The van der Waals surface area contributed by atoms with Crippen LogP contribution in [0.4, 0.5) is 4.79 Å². The van der Waals surface area contributed by atoms with E-state index in [9.17, 15) is 14.7 Å². The van der Waals surface area contributed by atoms with Crippen molar-refractivity contribution in [3.63, 3.8) is 0 Å². The average Bonchev–Trinajstić information content (AvgIpc) is 2.97. The van der Waals surface area contributed by atoms with Gasteiger partial charge < -0.3 is 15.7 Å². The molecule has 5 nitrogen and oxygen atoms in total. The SMILES string of the molecule is CC1(CNC(=O)NC(C(=O)O)c2cccs2)CCCCC1. The molecular formula is C15H22N2O3S. The maximum Gasteiger partial charge on any atom is 0.331 e. The van der Waals surface area contributed by atoms with Gasteiger partial charge in [-0.25, -0.2) is 9.59 Å². The van der Waals surface area contributed by atoms with E-state index in [1.165, 1.54) is 30.6 Å². The molecule has 1 aromatic heterocycles. The molecule has 21 heavy (non-hydrogen) atoms. The van der Waals surface area contributed by atoms with E-state index in [1.807, 2.05) is 0 Å². The number of amides is 2.